The minimum Gasteiger partial charge on any atom is -0.365 e. The summed E-state index contributed by atoms with van der Waals surface area (Å²) in [5.41, 5.74) is -0.165. The van der Waals surface area contributed by atoms with Crippen molar-refractivity contribution in [2.45, 2.75) is 50.4 Å². The zero-order valence-corrected chi connectivity index (χ0v) is 24.2. The standard InChI is InChI=1S/C25H27BrN8O2S2/c1-3-27-21-30-22(28-4-2)32-23(31-21)34-25(36,14-9-11-15(26)12-10-14)13-37-24-29-19-18(20(35)33(24)34)16-7-5-6-8-17(16)38-19/h9-12,36H,3-8,13H2,1-2H3,(H2,27,28,30,31,32)/t25-/m0/s1. The molecule has 2 aliphatic rings. The summed E-state index contributed by atoms with van der Waals surface area (Å²) in [4.78, 5) is 35.0. The maximum Gasteiger partial charge on any atom is 0.282 e. The van der Waals surface area contributed by atoms with E-state index in [9.17, 15) is 9.90 Å². The zero-order chi connectivity index (χ0) is 26.4. The van der Waals surface area contributed by atoms with Crippen LogP contribution in [-0.2, 0) is 18.6 Å². The molecular formula is C25H27BrN8O2S2. The largest absolute Gasteiger partial charge is 0.365 e. The molecule has 1 atom stereocenters. The molecule has 198 valence electrons. The van der Waals surface area contributed by atoms with Crippen LogP contribution in [0.4, 0.5) is 17.8 Å². The Morgan fingerprint density at radius 2 is 1.71 bits per heavy atom. The smallest absolute Gasteiger partial charge is 0.282 e. The van der Waals surface area contributed by atoms with Gasteiger partial charge in [0.25, 0.3) is 11.5 Å². The molecule has 0 bridgehead atoms. The molecule has 0 radical (unpaired) electrons. The number of thioether (sulfide) groups is 1. The number of nitrogens with zero attached hydrogens (tertiary/aromatic N) is 6. The van der Waals surface area contributed by atoms with E-state index in [0.29, 0.717) is 41.1 Å². The Kier molecular flexibility index (Phi) is 6.79. The number of aryl methyl sites for hydroxylation is 2. The van der Waals surface area contributed by atoms with Crippen molar-refractivity contribution in [3.05, 3.63) is 55.1 Å². The number of benzene rings is 1. The lowest BCUT2D eigenvalue weighted by molar-refractivity contribution is 0.0384. The highest BCUT2D eigenvalue weighted by molar-refractivity contribution is 9.10. The molecule has 13 heteroatoms. The highest BCUT2D eigenvalue weighted by Gasteiger charge is 2.46. The van der Waals surface area contributed by atoms with Gasteiger partial charge in [-0.25, -0.2) is 9.99 Å². The van der Waals surface area contributed by atoms with E-state index in [2.05, 4.69) is 41.5 Å². The Morgan fingerprint density at radius 1 is 1.03 bits per heavy atom. The Labute approximate surface area is 236 Å². The van der Waals surface area contributed by atoms with E-state index in [4.69, 9.17) is 4.98 Å². The summed E-state index contributed by atoms with van der Waals surface area (Å²) in [6, 6.07) is 7.41. The third-order valence-electron chi connectivity index (χ3n) is 6.68. The second kappa shape index (κ2) is 10.1. The van der Waals surface area contributed by atoms with Gasteiger partial charge in [-0.3, -0.25) is 4.79 Å². The second-order valence-electron chi connectivity index (χ2n) is 9.17. The van der Waals surface area contributed by atoms with E-state index < -0.39 is 5.72 Å². The minimum absolute atomic E-state index is 0.145. The van der Waals surface area contributed by atoms with Gasteiger partial charge in [-0.2, -0.15) is 19.6 Å². The van der Waals surface area contributed by atoms with E-state index in [-0.39, 0.29) is 17.3 Å². The molecule has 0 amide bonds. The topological polar surface area (TPSA) is 121 Å². The van der Waals surface area contributed by atoms with Crippen molar-refractivity contribution >= 4 is 67.1 Å². The maximum absolute atomic E-state index is 14.3. The first-order chi connectivity index (χ1) is 18.4. The number of aliphatic hydroxyl groups is 1. The number of hydrogen-bond donors (Lipinski definition) is 3. The molecule has 38 heavy (non-hydrogen) atoms. The van der Waals surface area contributed by atoms with Crippen LogP contribution in [-0.4, -0.2) is 48.6 Å². The predicted molar refractivity (Wildman–Crippen MR) is 155 cm³/mol. The molecule has 3 N–H and O–H groups in total. The fourth-order valence-electron chi connectivity index (χ4n) is 4.95. The maximum atomic E-state index is 14.3. The number of fused-ring (bicyclic) bond motifs is 4. The predicted octanol–water partition coefficient (Wildman–Crippen LogP) is 4.37. The van der Waals surface area contributed by atoms with Gasteiger partial charge in [-0.1, -0.05) is 39.8 Å². The third-order valence-corrected chi connectivity index (χ3v) is 9.46. The number of halogens is 1. The van der Waals surface area contributed by atoms with Crippen LogP contribution in [0.1, 0.15) is 42.7 Å². The first kappa shape index (κ1) is 25.5. The fraction of sp³-hybridized carbons (Fsp3) is 0.400. The van der Waals surface area contributed by atoms with Gasteiger partial charge in [0.05, 0.1) is 11.1 Å². The number of thiophene rings is 1. The van der Waals surface area contributed by atoms with E-state index in [0.717, 1.165) is 40.5 Å². The van der Waals surface area contributed by atoms with Crippen molar-refractivity contribution < 1.29 is 5.11 Å². The molecule has 1 aromatic carbocycles. The van der Waals surface area contributed by atoms with E-state index in [1.54, 1.807) is 11.3 Å². The van der Waals surface area contributed by atoms with Crippen LogP contribution < -0.4 is 21.2 Å². The lowest BCUT2D eigenvalue weighted by Gasteiger charge is -2.43. The van der Waals surface area contributed by atoms with Gasteiger partial charge in [0.1, 0.15) is 4.83 Å². The summed E-state index contributed by atoms with van der Waals surface area (Å²) in [5.74, 6) is 1.06. The molecule has 1 aliphatic heterocycles. The molecule has 0 spiro atoms. The molecule has 4 aromatic rings. The molecule has 0 saturated heterocycles. The summed E-state index contributed by atoms with van der Waals surface area (Å²) in [5, 5.41) is 21.3. The summed E-state index contributed by atoms with van der Waals surface area (Å²) in [7, 11) is 0. The van der Waals surface area contributed by atoms with Gasteiger partial charge >= 0.3 is 0 Å². The number of hydrogen-bond acceptors (Lipinski definition) is 11. The summed E-state index contributed by atoms with van der Waals surface area (Å²) < 4.78 is 2.34. The van der Waals surface area contributed by atoms with Crippen molar-refractivity contribution in [2.24, 2.45) is 0 Å². The van der Waals surface area contributed by atoms with Crippen LogP contribution >= 0.6 is 39.0 Å². The molecule has 4 heterocycles. The van der Waals surface area contributed by atoms with Gasteiger partial charge < -0.3 is 15.7 Å². The van der Waals surface area contributed by atoms with Crippen molar-refractivity contribution in [3.63, 3.8) is 0 Å². The van der Waals surface area contributed by atoms with Crippen molar-refractivity contribution in [1.29, 1.82) is 0 Å². The lowest BCUT2D eigenvalue weighted by atomic mass is 9.97. The molecule has 3 aromatic heterocycles. The molecule has 0 unspecified atom stereocenters. The van der Waals surface area contributed by atoms with Crippen molar-refractivity contribution in [2.75, 3.05) is 34.5 Å². The molecule has 1 aliphatic carbocycles. The van der Waals surface area contributed by atoms with Crippen LogP contribution in [0.25, 0.3) is 10.2 Å². The second-order valence-corrected chi connectivity index (χ2v) is 12.1. The van der Waals surface area contributed by atoms with Crippen LogP contribution in [0, 0.1) is 0 Å². The SMILES string of the molecule is CCNc1nc(NCC)nc(N2n3c(nc4sc5c(c4c3=O)CCCC5)SC[C@]2(O)c2ccc(Br)cc2)n1. The van der Waals surface area contributed by atoms with Crippen molar-refractivity contribution in [3.8, 4) is 0 Å². The molecule has 6 rings (SSSR count). The van der Waals surface area contributed by atoms with E-state index in [1.165, 1.54) is 26.3 Å². The Balaban J connectivity index is 1.64. The van der Waals surface area contributed by atoms with Gasteiger partial charge in [0.15, 0.2) is 10.9 Å². The van der Waals surface area contributed by atoms with Gasteiger partial charge in [-0.15, -0.1) is 11.3 Å². The van der Waals surface area contributed by atoms with Crippen molar-refractivity contribution in [1.82, 2.24) is 24.6 Å². The Hall–Kier alpha value is -2.74. The zero-order valence-electron chi connectivity index (χ0n) is 21.0. The average molecular weight is 616 g/mol. The average Bonchev–Trinajstić information content (AvgIpc) is 3.28. The highest BCUT2D eigenvalue weighted by atomic mass is 79.9. The van der Waals surface area contributed by atoms with Crippen LogP contribution in [0.2, 0.25) is 0 Å². The quantitative estimate of drug-likeness (QED) is 0.270. The van der Waals surface area contributed by atoms with Crippen LogP contribution in [0.5, 0.6) is 0 Å². The number of anilines is 3. The molecule has 0 fully saturated rings. The van der Waals surface area contributed by atoms with Gasteiger partial charge in [-0.05, 0) is 57.2 Å². The summed E-state index contributed by atoms with van der Waals surface area (Å²) in [6.07, 6.45) is 4.00. The van der Waals surface area contributed by atoms with Gasteiger partial charge in [0, 0.05) is 28.0 Å². The monoisotopic (exact) mass is 614 g/mol. The minimum atomic E-state index is -1.64. The lowest BCUT2D eigenvalue weighted by Crippen LogP contribution is -2.58. The van der Waals surface area contributed by atoms with E-state index >= 15 is 0 Å². The van der Waals surface area contributed by atoms with Gasteiger partial charge in [0.2, 0.25) is 11.9 Å². The first-order valence-corrected chi connectivity index (χ1v) is 15.2. The van der Waals surface area contributed by atoms with Crippen LogP contribution in [0.15, 0.2) is 38.7 Å². The Bertz CT molecular complexity index is 1550. The molecule has 0 saturated carbocycles. The van der Waals surface area contributed by atoms with Crippen LogP contribution in [0.3, 0.4) is 0 Å². The molecular weight excluding hydrogens is 588 g/mol. The van der Waals surface area contributed by atoms with E-state index in [1.807, 2.05) is 38.1 Å². The first-order valence-electron chi connectivity index (χ1n) is 12.7. The molecule has 10 nitrogen and oxygen atoms in total. The normalized spacial score (nSPS) is 18.8. The fourth-order valence-corrected chi connectivity index (χ4v) is 7.59. The summed E-state index contributed by atoms with van der Waals surface area (Å²) >= 11 is 6.45. The number of rotatable bonds is 6. The number of nitrogens with one attached hydrogen (secondary N) is 2. The number of aromatic nitrogens is 5. The summed E-state index contributed by atoms with van der Waals surface area (Å²) in [6.45, 7) is 5.10. The highest BCUT2D eigenvalue weighted by Crippen LogP contribution is 2.42. The Morgan fingerprint density at radius 3 is 2.39 bits per heavy atom. The third kappa shape index (κ3) is 4.25.